The number of furan rings is 1. The monoisotopic (exact) mass is 336 g/mol. The van der Waals surface area contributed by atoms with E-state index in [1.807, 2.05) is 42.5 Å². The lowest BCUT2D eigenvalue weighted by Crippen LogP contribution is -2.31. The number of hydrogen-bond donors (Lipinski definition) is 2. The molecule has 2 N–H and O–H groups in total. The standard InChI is InChI=1S/C20H20N2O3/c1-24-17-11-9-16(10-12-17)22-19(23)14-21-20(18-8-5-13-25-18)15-6-3-2-4-7-15/h2-13,20-21H,14H2,1H3,(H,22,23)/t20-/m1/s1. The van der Waals surface area contributed by atoms with Crippen LogP contribution in [0.5, 0.6) is 5.75 Å². The van der Waals surface area contributed by atoms with Gasteiger partial charge < -0.3 is 14.5 Å². The van der Waals surface area contributed by atoms with Gasteiger partial charge in [-0.3, -0.25) is 10.1 Å². The highest BCUT2D eigenvalue weighted by Gasteiger charge is 2.17. The Bertz CT molecular complexity index is 784. The Kier molecular flexibility index (Phi) is 5.49. The van der Waals surface area contributed by atoms with Gasteiger partial charge in [-0.2, -0.15) is 0 Å². The molecule has 1 atom stereocenters. The molecule has 0 radical (unpaired) electrons. The molecule has 25 heavy (non-hydrogen) atoms. The summed E-state index contributed by atoms with van der Waals surface area (Å²) in [5, 5.41) is 6.11. The molecule has 1 aromatic heterocycles. The summed E-state index contributed by atoms with van der Waals surface area (Å²) in [4.78, 5) is 12.2. The quantitative estimate of drug-likeness (QED) is 0.692. The molecular weight excluding hydrogens is 316 g/mol. The average Bonchev–Trinajstić information content (AvgIpc) is 3.18. The van der Waals surface area contributed by atoms with Crippen molar-refractivity contribution in [1.82, 2.24) is 5.32 Å². The molecule has 5 heteroatoms. The second kappa shape index (κ2) is 8.17. The van der Waals surface area contributed by atoms with Crippen LogP contribution in [0.25, 0.3) is 0 Å². The van der Waals surface area contributed by atoms with Crippen LogP contribution in [0.2, 0.25) is 0 Å². The van der Waals surface area contributed by atoms with Gasteiger partial charge in [-0.15, -0.1) is 0 Å². The number of carbonyl (C=O) groups excluding carboxylic acids is 1. The molecule has 0 saturated carbocycles. The molecule has 3 rings (SSSR count). The van der Waals surface area contributed by atoms with Crippen molar-refractivity contribution in [1.29, 1.82) is 0 Å². The smallest absolute Gasteiger partial charge is 0.238 e. The highest BCUT2D eigenvalue weighted by atomic mass is 16.5. The maximum Gasteiger partial charge on any atom is 0.238 e. The van der Waals surface area contributed by atoms with Crippen LogP contribution in [0.15, 0.2) is 77.4 Å². The van der Waals surface area contributed by atoms with Gasteiger partial charge in [0, 0.05) is 5.69 Å². The van der Waals surface area contributed by atoms with Crippen LogP contribution >= 0.6 is 0 Å². The zero-order valence-corrected chi connectivity index (χ0v) is 13.9. The fraction of sp³-hybridized carbons (Fsp3) is 0.150. The average molecular weight is 336 g/mol. The lowest BCUT2D eigenvalue weighted by atomic mass is 10.0. The van der Waals surface area contributed by atoms with Crippen molar-refractivity contribution in [2.24, 2.45) is 0 Å². The Morgan fingerprint density at radius 1 is 1.04 bits per heavy atom. The first kappa shape index (κ1) is 16.8. The minimum Gasteiger partial charge on any atom is -0.497 e. The van der Waals surface area contributed by atoms with Gasteiger partial charge in [0.1, 0.15) is 11.5 Å². The van der Waals surface area contributed by atoms with Gasteiger partial charge in [0.15, 0.2) is 0 Å². The summed E-state index contributed by atoms with van der Waals surface area (Å²) >= 11 is 0. The third kappa shape index (κ3) is 4.49. The minimum absolute atomic E-state index is 0.127. The molecule has 0 aliphatic rings. The Hall–Kier alpha value is -3.05. The van der Waals surface area contributed by atoms with E-state index in [0.717, 1.165) is 22.8 Å². The zero-order valence-electron chi connectivity index (χ0n) is 13.9. The van der Waals surface area contributed by atoms with E-state index in [1.165, 1.54) is 0 Å². The van der Waals surface area contributed by atoms with Crippen molar-refractivity contribution >= 4 is 11.6 Å². The summed E-state index contributed by atoms with van der Waals surface area (Å²) in [6.45, 7) is 0.159. The molecule has 0 fully saturated rings. The Morgan fingerprint density at radius 2 is 1.80 bits per heavy atom. The predicted molar refractivity (Wildman–Crippen MR) is 96.6 cm³/mol. The summed E-state index contributed by atoms with van der Waals surface area (Å²) in [5.74, 6) is 1.39. The van der Waals surface area contributed by atoms with Crippen molar-refractivity contribution in [3.8, 4) is 5.75 Å². The molecule has 0 aliphatic carbocycles. The van der Waals surface area contributed by atoms with E-state index in [1.54, 1.807) is 37.6 Å². The fourth-order valence-corrected chi connectivity index (χ4v) is 2.56. The predicted octanol–water partition coefficient (Wildman–Crippen LogP) is 3.61. The third-order valence-corrected chi connectivity index (χ3v) is 3.80. The molecule has 0 spiro atoms. The molecule has 0 aliphatic heterocycles. The normalized spacial score (nSPS) is 11.7. The van der Waals surface area contributed by atoms with E-state index < -0.39 is 0 Å². The van der Waals surface area contributed by atoms with Crippen LogP contribution in [0.4, 0.5) is 5.69 Å². The summed E-state index contributed by atoms with van der Waals surface area (Å²) in [7, 11) is 1.61. The number of benzene rings is 2. The molecule has 0 unspecified atom stereocenters. The van der Waals surface area contributed by atoms with E-state index in [-0.39, 0.29) is 18.5 Å². The first-order valence-corrected chi connectivity index (χ1v) is 8.02. The summed E-state index contributed by atoms with van der Waals surface area (Å²) in [5.41, 5.74) is 1.76. The lowest BCUT2D eigenvalue weighted by molar-refractivity contribution is -0.115. The molecule has 3 aromatic rings. The third-order valence-electron chi connectivity index (χ3n) is 3.80. The van der Waals surface area contributed by atoms with E-state index in [4.69, 9.17) is 9.15 Å². The van der Waals surface area contributed by atoms with Gasteiger partial charge in [0.2, 0.25) is 5.91 Å². The number of methoxy groups -OCH3 is 1. The van der Waals surface area contributed by atoms with Gasteiger partial charge in [-0.05, 0) is 42.0 Å². The Balaban J connectivity index is 1.63. The molecule has 0 saturated heterocycles. The van der Waals surface area contributed by atoms with Gasteiger partial charge in [0.05, 0.1) is 26.0 Å². The first-order chi connectivity index (χ1) is 12.3. The largest absolute Gasteiger partial charge is 0.497 e. The van der Waals surface area contributed by atoms with Crippen LogP contribution in [0.1, 0.15) is 17.4 Å². The Labute approximate surface area is 146 Å². The van der Waals surface area contributed by atoms with Crippen molar-refractivity contribution in [3.05, 3.63) is 84.3 Å². The van der Waals surface area contributed by atoms with Crippen molar-refractivity contribution in [2.75, 3.05) is 19.0 Å². The van der Waals surface area contributed by atoms with E-state index in [2.05, 4.69) is 10.6 Å². The molecular formula is C20H20N2O3. The van der Waals surface area contributed by atoms with Gasteiger partial charge in [0.25, 0.3) is 0 Å². The van der Waals surface area contributed by atoms with Crippen LogP contribution < -0.4 is 15.4 Å². The second-order valence-electron chi connectivity index (χ2n) is 5.52. The maximum absolute atomic E-state index is 12.2. The molecule has 128 valence electrons. The Morgan fingerprint density at radius 3 is 2.44 bits per heavy atom. The van der Waals surface area contributed by atoms with Crippen LogP contribution in [0, 0.1) is 0 Å². The number of carbonyl (C=O) groups is 1. The first-order valence-electron chi connectivity index (χ1n) is 8.02. The van der Waals surface area contributed by atoms with Gasteiger partial charge in [-0.1, -0.05) is 30.3 Å². The van der Waals surface area contributed by atoms with Gasteiger partial charge in [-0.25, -0.2) is 0 Å². The topological polar surface area (TPSA) is 63.5 Å². The highest BCUT2D eigenvalue weighted by molar-refractivity contribution is 5.92. The van der Waals surface area contributed by atoms with E-state index in [9.17, 15) is 4.79 Å². The SMILES string of the molecule is COc1ccc(NC(=O)CN[C@H](c2ccccc2)c2ccco2)cc1. The number of ether oxygens (including phenoxy) is 1. The summed E-state index contributed by atoms with van der Waals surface area (Å²) < 4.78 is 10.6. The van der Waals surface area contributed by atoms with Crippen molar-refractivity contribution < 1.29 is 13.9 Å². The van der Waals surface area contributed by atoms with E-state index in [0.29, 0.717) is 0 Å². The number of nitrogens with one attached hydrogen (secondary N) is 2. The fourth-order valence-electron chi connectivity index (χ4n) is 2.56. The highest BCUT2D eigenvalue weighted by Crippen LogP contribution is 2.22. The van der Waals surface area contributed by atoms with E-state index >= 15 is 0 Å². The summed E-state index contributed by atoms with van der Waals surface area (Å²) in [6, 6.07) is 20.7. The van der Waals surface area contributed by atoms with Crippen molar-refractivity contribution in [3.63, 3.8) is 0 Å². The van der Waals surface area contributed by atoms with Crippen LogP contribution in [-0.2, 0) is 4.79 Å². The number of amides is 1. The van der Waals surface area contributed by atoms with Crippen LogP contribution in [-0.4, -0.2) is 19.6 Å². The molecule has 1 amide bonds. The zero-order chi connectivity index (χ0) is 17.5. The number of anilines is 1. The number of hydrogen-bond acceptors (Lipinski definition) is 4. The number of rotatable bonds is 7. The van der Waals surface area contributed by atoms with Crippen molar-refractivity contribution in [2.45, 2.75) is 6.04 Å². The second-order valence-corrected chi connectivity index (χ2v) is 5.52. The minimum atomic E-state index is -0.183. The maximum atomic E-state index is 12.2. The van der Waals surface area contributed by atoms with Gasteiger partial charge >= 0.3 is 0 Å². The van der Waals surface area contributed by atoms with Crippen LogP contribution in [0.3, 0.4) is 0 Å². The molecule has 1 heterocycles. The molecule has 5 nitrogen and oxygen atoms in total. The molecule has 0 bridgehead atoms. The lowest BCUT2D eigenvalue weighted by Gasteiger charge is -2.17. The summed E-state index contributed by atoms with van der Waals surface area (Å²) in [6.07, 6.45) is 1.63. The molecule has 2 aromatic carbocycles.